The minimum Gasteiger partial charge on any atom is -0.449 e. The van der Waals surface area contributed by atoms with E-state index in [9.17, 15) is 18.8 Å². The van der Waals surface area contributed by atoms with Crippen molar-refractivity contribution in [3.05, 3.63) is 51.6 Å². The van der Waals surface area contributed by atoms with Crippen LogP contribution in [0.15, 0.2) is 29.6 Å². The van der Waals surface area contributed by atoms with Crippen molar-refractivity contribution in [1.82, 2.24) is 0 Å². The molecule has 3 N–H and O–H groups in total. The lowest BCUT2D eigenvalue weighted by atomic mass is 10.2. The normalized spacial score (nSPS) is 11.6. The smallest absolute Gasteiger partial charge is 0.341 e. The molecular formula is C15H12ClFN2O4S. The van der Waals surface area contributed by atoms with Crippen molar-refractivity contribution in [2.24, 2.45) is 5.73 Å². The van der Waals surface area contributed by atoms with E-state index in [1.165, 1.54) is 19.1 Å². The van der Waals surface area contributed by atoms with Crippen molar-refractivity contribution in [3.8, 4) is 0 Å². The van der Waals surface area contributed by atoms with Crippen LogP contribution in [0, 0.1) is 5.82 Å². The number of carbonyl (C=O) groups excluding carboxylic acids is 3. The maximum atomic E-state index is 13.6. The Morgan fingerprint density at radius 2 is 2.00 bits per heavy atom. The number of hydrogen-bond donors (Lipinski definition) is 2. The van der Waals surface area contributed by atoms with Gasteiger partial charge in [-0.05, 0) is 36.6 Å². The lowest BCUT2D eigenvalue weighted by Crippen LogP contribution is -2.30. The Morgan fingerprint density at radius 3 is 2.67 bits per heavy atom. The molecular weight excluding hydrogens is 359 g/mol. The van der Waals surface area contributed by atoms with Crippen LogP contribution in [0.5, 0.6) is 0 Å². The van der Waals surface area contributed by atoms with Gasteiger partial charge in [-0.3, -0.25) is 9.59 Å². The summed E-state index contributed by atoms with van der Waals surface area (Å²) in [6.45, 7) is 1.31. The summed E-state index contributed by atoms with van der Waals surface area (Å²) in [6.07, 6.45) is -1.22. The maximum Gasteiger partial charge on any atom is 0.341 e. The SMILES string of the molecule is C[C@H](OC(=O)c1cc(Cl)ccc1F)C(=O)Nc1sccc1C(N)=O. The first-order valence-corrected chi connectivity index (χ1v) is 7.89. The average Bonchev–Trinajstić information content (AvgIpc) is 2.97. The van der Waals surface area contributed by atoms with Crippen LogP contribution in [-0.2, 0) is 9.53 Å². The van der Waals surface area contributed by atoms with E-state index in [1.54, 1.807) is 5.38 Å². The van der Waals surface area contributed by atoms with Crippen LogP contribution in [0.2, 0.25) is 5.02 Å². The van der Waals surface area contributed by atoms with Gasteiger partial charge in [0.05, 0.1) is 11.1 Å². The lowest BCUT2D eigenvalue weighted by molar-refractivity contribution is -0.123. The predicted octanol–water partition coefficient (Wildman–Crippen LogP) is 2.82. The Morgan fingerprint density at radius 1 is 1.29 bits per heavy atom. The second-order valence-electron chi connectivity index (χ2n) is 4.69. The number of hydrogen-bond acceptors (Lipinski definition) is 5. The van der Waals surface area contributed by atoms with Crippen LogP contribution < -0.4 is 11.1 Å². The monoisotopic (exact) mass is 370 g/mol. The highest BCUT2D eigenvalue weighted by molar-refractivity contribution is 7.14. The predicted molar refractivity (Wildman–Crippen MR) is 87.8 cm³/mol. The molecule has 2 amide bonds. The summed E-state index contributed by atoms with van der Waals surface area (Å²) in [4.78, 5) is 35.2. The molecule has 9 heteroatoms. The fraction of sp³-hybridized carbons (Fsp3) is 0.133. The maximum absolute atomic E-state index is 13.6. The van der Waals surface area contributed by atoms with Gasteiger partial charge in [-0.2, -0.15) is 0 Å². The highest BCUT2D eigenvalue weighted by atomic mass is 35.5. The number of halogens is 2. The Bertz CT molecular complexity index is 809. The number of carbonyl (C=O) groups is 3. The molecule has 0 saturated carbocycles. The fourth-order valence-electron chi connectivity index (χ4n) is 1.75. The van der Waals surface area contributed by atoms with Gasteiger partial charge in [0.15, 0.2) is 6.10 Å². The third-order valence-corrected chi connectivity index (χ3v) is 4.03. The highest BCUT2D eigenvalue weighted by Crippen LogP contribution is 2.23. The van der Waals surface area contributed by atoms with Gasteiger partial charge in [0.25, 0.3) is 11.8 Å². The van der Waals surface area contributed by atoms with Crippen molar-refractivity contribution in [1.29, 1.82) is 0 Å². The fourth-order valence-corrected chi connectivity index (χ4v) is 2.71. The molecule has 0 radical (unpaired) electrons. The summed E-state index contributed by atoms with van der Waals surface area (Å²) >= 11 is 6.80. The van der Waals surface area contributed by atoms with Crippen LogP contribution in [0.1, 0.15) is 27.6 Å². The second-order valence-corrected chi connectivity index (χ2v) is 6.04. The van der Waals surface area contributed by atoms with E-state index in [1.807, 2.05) is 0 Å². The van der Waals surface area contributed by atoms with Crippen LogP contribution >= 0.6 is 22.9 Å². The largest absolute Gasteiger partial charge is 0.449 e. The second kappa shape index (κ2) is 7.41. The Labute approximate surface area is 145 Å². The number of thiophene rings is 1. The lowest BCUT2D eigenvalue weighted by Gasteiger charge is -2.13. The quantitative estimate of drug-likeness (QED) is 0.790. The number of nitrogens with one attached hydrogen (secondary N) is 1. The molecule has 2 rings (SSSR count). The van der Waals surface area contributed by atoms with E-state index in [-0.39, 0.29) is 21.2 Å². The van der Waals surface area contributed by atoms with Crippen LogP contribution in [-0.4, -0.2) is 23.9 Å². The van der Waals surface area contributed by atoms with Crippen molar-refractivity contribution in [2.75, 3.05) is 5.32 Å². The number of benzene rings is 1. The third kappa shape index (κ3) is 4.09. The molecule has 0 aliphatic heterocycles. The number of anilines is 1. The third-order valence-electron chi connectivity index (χ3n) is 2.97. The molecule has 0 aliphatic carbocycles. The van der Waals surface area contributed by atoms with Gasteiger partial charge in [-0.1, -0.05) is 11.6 Å². The van der Waals surface area contributed by atoms with Gasteiger partial charge in [-0.25, -0.2) is 9.18 Å². The molecule has 0 saturated heterocycles. The number of ether oxygens (including phenoxy) is 1. The zero-order valence-corrected chi connectivity index (χ0v) is 13.9. The van der Waals surface area contributed by atoms with E-state index in [2.05, 4.69) is 5.32 Å². The average molecular weight is 371 g/mol. The standard InChI is InChI=1S/C15H12ClFN2O4S/c1-7(13(21)19-14-9(12(18)20)4-5-24-14)23-15(22)10-6-8(16)2-3-11(10)17/h2-7H,1H3,(H2,18,20)(H,19,21)/t7-/m0/s1. The van der Waals surface area contributed by atoms with E-state index >= 15 is 0 Å². The molecule has 0 spiro atoms. The Hall–Kier alpha value is -2.45. The van der Waals surface area contributed by atoms with E-state index < -0.39 is 29.7 Å². The summed E-state index contributed by atoms with van der Waals surface area (Å²) in [7, 11) is 0. The van der Waals surface area contributed by atoms with Crippen molar-refractivity contribution in [3.63, 3.8) is 0 Å². The molecule has 0 bridgehead atoms. The molecule has 0 fully saturated rings. The number of nitrogens with two attached hydrogens (primary N) is 1. The van der Waals surface area contributed by atoms with Crippen molar-refractivity contribution >= 4 is 45.7 Å². The van der Waals surface area contributed by atoms with E-state index in [0.717, 1.165) is 23.5 Å². The topological polar surface area (TPSA) is 98.5 Å². The van der Waals surface area contributed by atoms with E-state index in [4.69, 9.17) is 22.1 Å². The summed E-state index contributed by atoms with van der Waals surface area (Å²) < 4.78 is 18.5. The van der Waals surface area contributed by atoms with E-state index in [0.29, 0.717) is 0 Å². The summed E-state index contributed by atoms with van der Waals surface area (Å²) in [5.41, 5.74) is 4.94. The summed E-state index contributed by atoms with van der Waals surface area (Å²) in [5, 5.41) is 4.41. The molecule has 1 aromatic heterocycles. The Balaban J connectivity index is 2.06. The molecule has 0 aliphatic rings. The Kier molecular flexibility index (Phi) is 5.53. The minimum absolute atomic E-state index is 0.146. The van der Waals surface area contributed by atoms with Gasteiger partial charge in [-0.15, -0.1) is 11.3 Å². The molecule has 24 heavy (non-hydrogen) atoms. The molecule has 0 unspecified atom stereocenters. The number of amides is 2. The van der Waals surface area contributed by atoms with Gasteiger partial charge in [0, 0.05) is 5.02 Å². The van der Waals surface area contributed by atoms with Crippen LogP contribution in [0.25, 0.3) is 0 Å². The highest BCUT2D eigenvalue weighted by Gasteiger charge is 2.23. The van der Waals surface area contributed by atoms with Gasteiger partial charge in [0.1, 0.15) is 10.8 Å². The van der Waals surface area contributed by atoms with Crippen molar-refractivity contribution < 1.29 is 23.5 Å². The first kappa shape index (κ1) is 17.9. The number of esters is 1. The zero-order valence-electron chi connectivity index (χ0n) is 12.3. The van der Waals surface area contributed by atoms with Crippen LogP contribution in [0.4, 0.5) is 9.39 Å². The van der Waals surface area contributed by atoms with Crippen molar-refractivity contribution in [2.45, 2.75) is 13.0 Å². The molecule has 2 aromatic rings. The molecule has 1 aromatic carbocycles. The zero-order chi connectivity index (χ0) is 17.9. The minimum atomic E-state index is -1.22. The van der Waals surface area contributed by atoms with Gasteiger partial charge in [0.2, 0.25) is 0 Å². The van der Waals surface area contributed by atoms with Gasteiger partial charge >= 0.3 is 5.97 Å². The summed E-state index contributed by atoms with van der Waals surface area (Å²) in [6, 6.07) is 4.87. The molecule has 1 atom stereocenters. The first-order chi connectivity index (χ1) is 11.3. The number of primary amides is 1. The molecule has 126 valence electrons. The molecule has 6 nitrogen and oxygen atoms in total. The number of rotatable bonds is 5. The van der Waals surface area contributed by atoms with Gasteiger partial charge < -0.3 is 15.8 Å². The first-order valence-electron chi connectivity index (χ1n) is 6.63. The summed E-state index contributed by atoms with van der Waals surface area (Å²) in [5.74, 6) is -3.22. The van der Waals surface area contributed by atoms with Crippen LogP contribution in [0.3, 0.4) is 0 Å². The molecule has 1 heterocycles.